The van der Waals surface area contributed by atoms with E-state index in [2.05, 4.69) is 25.4 Å². The second-order valence-electron chi connectivity index (χ2n) is 10.8. The Bertz CT molecular complexity index is 1890. The number of carbonyl (C=O) groups excluding carboxylic acids is 1. The van der Waals surface area contributed by atoms with Crippen molar-refractivity contribution in [2.45, 2.75) is 30.9 Å². The minimum atomic E-state index is -1.75. The van der Waals surface area contributed by atoms with Crippen LogP contribution in [-0.4, -0.2) is 42.2 Å². The number of aliphatic hydroxyl groups excluding tert-OH is 1. The number of benzene rings is 4. The van der Waals surface area contributed by atoms with Gasteiger partial charge in [-0.3, -0.25) is 4.79 Å². The Morgan fingerprint density at radius 2 is 1.62 bits per heavy atom. The molecule has 4 aromatic carbocycles. The summed E-state index contributed by atoms with van der Waals surface area (Å²) in [5, 5.41) is 19.6. The molecule has 0 saturated carbocycles. The Labute approximate surface area is 273 Å². The molecule has 12 nitrogen and oxygen atoms in total. The molecule has 1 heterocycles. The number of nitrogens with one attached hydrogen (secondary N) is 1. The van der Waals surface area contributed by atoms with Crippen LogP contribution in [0.3, 0.4) is 0 Å². The largest absolute Gasteiger partial charge is 0.494 e. The van der Waals surface area contributed by atoms with Crippen molar-refractivity contribution >= 4 is 23.2 Å². The second-order valence-corrected chi connectivity index (χ2v) is 10.8. The van der Waals surface area contributed by atoms with Gasteiger partial charge in [0, 0.05) is 64.4 Å². The van der Waals surface area contributed by atoms with Crippen LogP contribution < -0.4 is 10.1 Å². The Morgan fingerprint density at radius 1 is 0.958 bits per heavy atom. The van der Waals surface area contributed by atoms with Crippen LogP contribution in [0.2, 0.25) is 0 Å². The quantitative estimate of drug-likeness (QED) is 0.0622. The molecule has 1 aliphatic heterocycles. The van der Waals surface area contributed by atoms with Gasteiger partial charge in [0.2, 0.25) is 5.90 Å². The lowest BCUT2D eigenvalue weighted by Crippen LogP contribution is -2.50. The molecule has 0 aliphatic carbocycles. The zero-order valence-electron chi connectivity index (χ0n) is 25.5. The number of nitrogens with zero attached hydrogens (tertiary/aromatic N) is 7. The van der Waals surface area contributed by atoms with Crippen LogP contribution in [-0.2, 0) is 22.4 Å². The molecule has 1 amide bonds. The number of ether oxygens (including phenoxy) is 2. The predicted molar refractivity (Wildman–Crippen MR) is 174 cm³/mol. The molecule has 14 heteroatoms. The maximum absolute atomic E-state index is 14.5. The summed E-state index contributed by atoms with van der Waals surface area (Å²) < 4.78 is 39.9. The highest BCUT2D eigenvalue weighted by atomic mass is 19.1. The SMILES string of the molecule is [N-]=[N+]=Nc1ccccc1C[C@@]1(C(=O)NCCc2cc(F)cc(F)c2)N=C(c2ccc(OCCCO)cc2)O[C@@H]1c1ccccc1N=[N+]=[N-]. The van der Waals surface area contributed by atoms with E-state index in [1.165, 1.54) is 12.1 Å². The standard InChI is InChI=1S/C34H30F2N8O4/c35-25-18-22(19-26(36)20-25)14-15-39-33(46)34(21-24-6-1-3-8-29(24)41-43-37)31(28-7-2-4-9-30(28)42-44-38)48-32(40-34)23-10-12-27(13-11-23)47-17-5-16-45/h1-4,6-13,18-20,31,45H,5,14-17,21H2,(H,39,46)/t31-,34-/m1/s1. The molecule has 0 saturated heterocycles. The highest BCUT2D eigenvalue weighted by molar-refractivity contribution is 6.01. The van der Waals surface area contributed by atoms with Crippen molar-refractivity contribution in [3.8, 4) is 5.75 Å². The van der Waals surface area contributed by atoms with Crippen molar-refractivity contribution in [2.24, 2.45) is 15.2 Å². The van der Waals surface area contributed by atoms with E-state index in [1.807, 2.05) is 0 Å². The topological polar surface area (TPSA) is 178 Å². The minimum Gasteiger partial charge on any atom is -0.494 e. The molecular weight excluding hydrogens is 622 g/mol. The van der Waals surface area contributed by atoms with Crippen LogP contribution in [0.5, 0.6) is 5.75 Å². The van der Waals surface area contributed by atoms with Crippen LogP contribution in [0.4, 0.5) is 20.2 Å². The lowest BCUT2D eigenvalue weighted by Gasteiger charge is -2.31. The van der Waals surface area contributed by atoms with Crippen molar-refractivity contribution < 1.29 is 28.2 Å². The number of aliphatic hydroxyl groups is 1. The summed E-state index contributed by atoms with van der Waals surface area (Å²) in [5.41, 5.74) is 19.1. The van der Waals surface area contributed by atoms with Crippen LogP contribution in [0, 0.1) is 11.6 Å². The van der Waals surface area contributed by atoms with Gasteiger partial charge in [-0.05, 0) is 65.0 Å². The smallest absolute Gasteiger partial charge is 0.252 e. The zero-order valence-corrected chi connectivity index (χ0v) is 25.5. The first-order chi connectivity index (χ1) is 23.4. The van der Waals surface area contributed by atoms with E-state index in [4.69, 9.17) is 19.6 Å². The van der Waals surface area contributed by atoms with E-state index in [0.29, 0.717) is 41.0 Å². The van der Waals surface area contributed by atoms with Crippen molar-refractivity contribution in [3.05, 3.63) is 146 Å². The fourth-order valence-corrected chi connectivity index (χ4v) is 5.43. The number of azide groups is 2. The molecular formula is C34H30F2N8O4. The molecule has 4 aromatic rings. The van der Waals surface area contributed by atoms with Crippen LogP contribution in [0.25, 0.3) is 20.9 Å². The van der Waals surface area contributed by atoms with E-state index >= 15 is 0 Å². The fraction of sp³-hybridized carbons (Fsp3) is 0.235. The number of aliphatic imine (C=N–C) groups is 1. The highest BCUT2D eigenvalue weighted by Crippen LogP contribution is 2.46. The molecule has 0 unspecified atom stereocenters. The number of carbonyl (C=O) groups is 1. The van der Waals surface area contributed by atoms with E-state index in [0.717, 1.165) is 6.07 Å². The number of amides is 1. The predicted octanol–water partition coefficient (Wildman–Crippen LogP) is 7.47. The maximum atomic E-state index is 14.5. The first-order valence-electron chi connectivity index (χ1n) is 15.0. The van der Waals surface area contributed by atoms with Gasteiger partial charge >= 0.3 is 0 Å². The molecule has 244 valence electrons. The average molecular weight is 653 g/mol. The highest BCUT2D eigenvalue weighted by Gasteiger charge is 2.54. The summed E-state index contributed by atoms with van der Waals surface area (Å²) in [5.74, 6) is -1.39. The second kappa shape index (κ2) is 15.6. The monoisotopic (exact) mass is 652 g/mol. The molecule has 0 bridgehead atoms. The van der Waals surface area contributed by atoms with Crippen molar-refractivity contribution in [3.63, 3.8) is 0 Å². The Hall–Kier alpha value is -5.94. The summed E-state index contributed by atoms with van der Waals surface area (Å²) >= 11 is 0. The van der Waals surface area contributed by atoms with Crippen molar-refractivity contribution in [1.82, 2.24) is 5.32 Å². The van der Waals surface area contributed by atoms with E-state index in [9.17, 15) is 24.6 Å². The van der Waals surface area contributed by atoms with E-state index < -0.39 is 29.2 Å². The summed E-state index contributed by atoms with van der Waals surface area (Å²) in [6.45, 7) is 0.312. The minimum absolute atomic E-state index is 0.00306. The van der Waals surface area contributed by atoms with Gasteiger partial charge in [-0.1, -0.05) is 58.8 Å². The lowest BCUT2D eigenvalue weighted by molar-refractivity contribution is -0.128. The number of hydrogen-bond acceptors (Lipinski definition) is 7. The van der Waals surface area contributed by atoms with Gasteiger partial charge in [-0.25, -0.2) is 13.8 Å². The van der Waals surface area contributed by atoms with Gasteiger partial charge in [0.25, 0.3) is 5.91 Å². The Balaban J connectivity index is 1.60. The third kappa shape index (κ3) is 7.71. The number of hydrogen-bond donors (Lipinski definition) is 2. The van der Waals surface area contributed by atoms with Gasteiger partial charge in [0.05, 0.1) is 6.61 Å². The number of halogens is 2. The van der Waals surface area contributed by atoms with Gasteiger partial charge < -0.3 is 19.9 Å². The van der Waals surface area contributed by atoms with Crippen LogP contribution >= 0.6 is 0 Å². The average Bonchev–Trinajstić information content (AvgIpc) is 3.46. The van der Waals surface area contributed by atoms with Crippen LogP contribution in [0.15, 0.2) is 106 Å². The third-order valence-electron chi connectivity index (χ3n) is 7.63. The molecule has 0 fully saturated rings. The molecule has 2 N–H and O–H groups in total. The normalized spacial score (nSPS) is 16.6. The molecule has 0 spiro atoms. The molecule has 0 aromatic heterocycles. The molecule has 0 radical (unpaired) electrons. The molecule has 48 heavy (non-hydrogen) atoms. The zero-order chi connectivity index (χ0) is 33.9. The maximum Gasteiger partial charge on any atom is 0.252 e. The van der Waals surface area contributed by atoms with Gasteiger partial charge in [-0.2, -0.15) is 0 Å². The van der Waals surface area contributed by atoms with Crippen molar-refractivity contribution in [1.29, 1.82) is 0 Å². The van der Waals surface area contributed by atoms with Gasteiger partial charge in [-0.15, -0.1) is 0 Å². The lowest BCUT2D eigenvalue weighted by atomic mass is 9.81. The Kier molecular flexibility index (Phi) is 10.8. The molecule has 5 rings (SSSR count). The van der Waals surface area contributed by atoms with Crippen molar-refractivity contribution in [2.75, 3.05) is 19.8 Å². The first kappa shape index (κ1) is 33.4. The summed E-state index contributed by atoms with van der Waals surface area (Å²) in [6.07, 6.45) is -0.669. The molecule has 1 aliphatic rings. The Morgan fingerprint density at radius 3 is 2.33 bits per heavy atom. The van der Waals surface area contributed by atoms with Gasteiger partial charge in [0.15, 0.2) is 11.6 Å². The van der Waals surface area contributed by atoms with Gasteiger partial charge in [0.1, 0.15) is 17.4 Å². The number of rotatable bonds is 14. The van der Waals surface area contributed by atoms with Crippen LogP contribution in [0.1, 0.15) is 34.8 Å². The fourth-order valence-electron chi connectivity index (χ4n) is 5.43. The van der Waals surface area contributed by atoms with E-state index in [-0.39, 0.29) is 43.3 Å². The first-order valence-corrected chi connectivity index (χ1v) is 15.0. The molecule has 2 atom stereocenters. The van der Waals surface area contributed by atoms with E-state index in [1.54, 1.807) is 72.8 Å². The summed E-state index contributed by atoms with van der Waals surface area (Å²) in [7, 11) is 0. The summed E-state index contributed by atoms with van der Waals surface area (Å²) in [6, 6.07) is 23.4. The third-order valence-corrected chi connectivity index (χ3v) is 7.63. The summed E-state index contributed by atoms with van der Waals surface area (Å²) in [4.78, 5) is 25.3.